The lowest BCUT2D eigenvalue weighted by Crippen LogP contribution is -2.28. The molecule has 2 aromatic rings. The maximum absolute atomic E-state index is 5.25. The Morgan fingerprint density at radius 1 is 0.870 bits per heavy atom. The molecule has 3 nitrogen and oxygen atoms in total. The first-order valence-electron chi connectivity index (χ1n) is 8.47. The molecule has 0 aliphatic carbocycles. The van der Waals surface area contributed by atoms with Gasteiger partial charge in [0.05, 0.1) is 7.11 Å². The molecule has 3 heteroatoms. The Labute approximate surface area is 138 Å². The Morgan fingerprint density at radius 3 is 2.13 bits per heavy atom. The Hall–Kier alpha value is -2.00. The number of benzene rings is 2. The minimum atomic E-state index is 0.806. The van der Waals surface area contributed by atoms with E-state index in [9.17, 15) is 0 Å². The number of likely N-dealkylation sites (tertiary alicyclic amines) is 1. The molecular weight excluding hydrogens is 284 g/mol. The average molecular weight is 308 g/mol. The SMILES string of the molecule is COc1ccc(N2C[C@H]3CN(Cc4ccccc4)C[C@H]3C2)cc1. The van der Waals surface area contributed by atoms with E-state index in [1.165, 1.54) is 37.4 Å². The summed E-state index contributed by atoms with van der Waals surface area (Å²) in [6.45, 7) is 5.92. The number of methoxy groups -OCH3 is 1. The number of hydrogen-bond donors (Lipinski definition) is 0. The van der Waals surface area contributed by atoms with E-state index < -0.39 is 0 Å². The maximum atomic E-state index is 5.25. The second-order valence-electron chi connectivity index (χ2n) is 6.80. The van der Waals surface area contributed by atoms with Gasteiger partial charge in [0.25, 0.3) is 0 Å². The molecule has 2 atom stereocenters. The highest BCUT2D eigenvalue weighted by Crippen LogP contribution is 2.34. The van der Waals surface area contributed by atoms with Crippen molar-refractivity contribution in [3.05, 3.63) is 60.2 Å². The molecule has 23 heavy (non-hydrogen) atoms. The molecule has 0 aromatic heterocycles. The number of rotatable bonds is 4. The molecule has 2 heterocycles. The van der Waals surface area contributed by atoms with Gasteiger partial charge in [0.2, 0.25) is 0 Å². The van der Waals surface area contributed by atoms with Crippen LogP contribution in [0.3, 0.4) is 0 Å². The van der Waals surface area contributed by atoms with Crippen molar-refractivity contribution in [3.63, 3.8) is 0 Å². The van der Waals surface area contributed by atoms with Gasteiger partial charge < -0.3 is 9.64 Å². The molecule has 120 valence electrons. The molecule has 2 aromatic carbocycles. The van der Waals surface area contributed by atoms with E-state index in [2.05, 4.69) is 64.4 Å². The number of fused-ring (bicyclic) bond motifs is 1. The fourth-order valence-electron chi connectivity index (χ4n) is 4.06. The number of anilines is 1. The van der Waals surface area contributed by atoms with Crippen molar-refractivity contribution < 1.29 is 4.74 Å². The first-order chi connectivity index (χ1) is 11.3. The Kier molecular flexibility index (Phi) is 3.96. The second kappa shape index (κ2) is 6.25. The number of hydrogen-bond acceptors (Lipinski definition) is 3. The maximum Gasteiger partial charge on any atom is 0.119 e. The average Bonchev–Trinajstić information content (AvgIpc) is 3.14. The van der Waals surface area contributed by atoms with Crippen LogP contribution in [0.4, 0.5) is 5.69 Å². The molecule has 0 radical (unpaired) electrons. The van der Waals surface area contributed by atoms with Crippen molar-refractivity contribution in [2.24, 2.45) is 11.8 Å². The van der Waals surface area contributed by atoms with Crippen LogP contribution in [0.25, 0.3) is 0 Å². The van der Waals surface area contributed by atoms with Crippen LogP contribution in [0, 0.1) is 11.8 Å². The predicted octanol–water partition coefficient (Wildman–Crippen LogP) is 3.26. The highest BCUT2D eigenvalue weighted by atomic mass is 16.5. The highest BCUT2D eigenvalue weighted by molar-refractivity contribution is 5.50. The number of nitrogens with zero attached hydrogens (tertiary/aromatic N) is 2. The van der Waals surface area contributed by atoms with Crippen LogP contribution in [0.15, 0.2) is 54.6 Å². The van der Waals surface area contributed by atoms with Gasteiger partial charge in [0.1, 0.15) is 5.75 Å². The van der Waals surface area contributed by atoms with Gasteiger partial charge in [0.15, 0.2) is 0 Å². The van der Waals surface area contributed by atoms with Gasteiger partial charge in [-0.1, -0.05) is 30.3 Å². The molecule has 2 aliphatic rings. The molecule has 2 aliphatic heterocycles. The van der Waals surface area contributed by atoms with Crippen LogP contribution in [0.2, 0.25) is 0 Å². The lowest BCUT2D eigenvalue weighted by Gasteiger charge is -2.23. The van der Waals surface area contributed by atoms with Crippen molar-refractivity contribution in [2.45, 2.75) is 6.54 Å². The summed E-state index contributed by atoms with van der Waals surface area (Å²) >= 11 is 0. The van der Waals surface area contributed by atoms with Crippen LogP contribution in [-0.2, 0) is 6.54 Å². The minimum Gasteiger partial charge on any atom is -0.497 e. The Balaban J connectivity index is 1.36. The lowest BCUT2D eigenvalue weighted by molar-refractivity contribution is 0.309. The molecule has 0 spiro atoms. The van der Waals surface area contributed by atoms with Crippen molar-refractivity contribution in [1.82, 2.24) is 4.90 Å². The molecule has 2 fully saturated rings. The second-order valence-corrected chi connectivity index (χ2v) is 6.80. The quantitative estimate of drug-likeness (QED) is 0.862. The van der Waals surface area contributed by atoms with Gasteiger partial charge in [0, 0.05) is 38.4 Å². The summed E-state index contributed by atoms with van der Waals surface area (Å²) in [5, 5.41) is 0. The van der Waals surface area contributed by atoms with E-state index in [1.54, 1.807) is 7.11 Å². The van der Waals surface area contributed by atoms with E-state index in [1.807, 2.05) is 0 Å². The van der Waals surface area contributed by atoms with Crippen LogP contribution in [0.5, 0.6) is 5.75 Å². The first kappa shape index (κ1) is 14.6. The van der Waals surface area contributed by atoms with Gasteiger partial charge in [-0.05, 0) is 41.7 Å². The summed E-state index contributed by atoms with van der Waals surface area (Å²) in [7, 11) is 1.72. The van der Waals surface area contributed by atoms with Crippen LogP contribution < -0.4 is 9.64 Å². The molecule has 2 saturated heterocycles. The van der Waals surface area contributed by atoms with E-state index in [-0.39, 0.29) is 0 Å². The Bertz CT molecular complexity index is 626. The van der Waals surface area contributed by atoms with E-state index in [0.29, 0.717) is 0 Å². The van der Waals surface area contributed by atoms with E-state index in [0.717, 1.165) is 24.1 Å². The predicted molar refractivity (Wildman–Crippen MR) is 93.9 cm³/mol. The topological polar surface area (TPSA) is 15.7 Å². The molecule has 0 saturated carbocycles. The van der Waals surface area contributed by atoms with Crippen molar-refractivity contribution >= 4 is 5.69 Å². The zero-order chi connectivity index (χ0) is 15.6. The fourth-order valence-corrected chi connectivity index (χ4v) is 4.06. The summed E-state index contributed by atoms with van der Waals surface area (Å²) in [6, 6.07) is 19.3. The third-order valence-electron chi connectivity index (χ3n) is 5.25. The third-order valence-corrected chi connectivity index (χ3v) is 5.25. The fraction of sp³-hybridized carbons (Fsp3) is 0.400. The third kappa shape index (κ3) is 3.06. The molecular formula is C20H24N2O. The number of ether oxygens (including phenoxy) is 1. The smallest absolute Gasteiger partial charge is 0.119 e. The molecule has 0 N–H and O–H groups in total. The largest absolute Gasteiger partial charge is 0.497 e. The van der Waals surface area contributed by atoms with Crippen LogP contribution >= 0.6 is 0 Å². The zero-order valence-corrected chi connectivity index (χ0v) is 13.7. The van der Waals surface area contributed by atoms with Gasteiger partial charge >= 0.3 is 0 Å². The summed E-state index contributed by atoms with van der Waals surface area (Å²) < 4.78 is 5.25. The monoisotopic (exact) mass is 308 g/mol. The highest BCUT2D eigenvalue weighted by Gasteiger charge is 2.39. The zero-order valence-electron chi connectivity index (χ0n) is 13.7. The van der Waals surface area contributed by atoms with E-state index in [4.69, 9.17) is 4.74 Å². The van der Waals surface area contributed by atoms with Gasteiger partial charge in [-0.2, -0.15) is 0 Å². The van der Waals surface area contributed by atoms with Crippen molar-refractivity contribution in [3.8, 4) is 5.75 Å². The lowest BCUT2D eigenvalue weighted by atomic mass is 10.0. The summed E-state index contributed by atoms with van der Waals surface area (Å²) in [5.41, 5.74) is 2.76. The first-order valence-corrected chi connectivity index (χ1v) is 8.47. The molecule has 0 amide bonds. The molecule has 4 rings (SSSR count). The van der Waals surface area contributed by atoms with Crippen LogP contribution in [-0.4, -0.2) is 38.2 Å². The molecule has 0 bridgehead atoms. The van der Waals surface area contributed by atoms with Crippen LogP contribution in [0.1, 0.15) is 5.56 Å². The Morgan fingerprint density at radius 2 is 1.52 bits per heavy atom. The minimum absolute atomic E-state index is 0.806. The van der Waals surface area contributed by atoms with E-state index >= 15 is 0 Å². The van der Waals surface area contributed by atoms with Gasteiger partial charge in [-0.15, -0.1) is 0 Å². The summed E-state index contributed by atoms with van der Waals surface area (Å²) in [6.07, 6.45) is 0. The molecule has 0 unspecified atom stereocenters. The van der Waals surface area contributed by atoms with Crippen molar-refractivity contribution in [1.29, 1.82) is 0 Å². The normalized spacial score (nSPS) is 24.0. The summed E-state index contributed by atoms with van der Waals surface area (Å²) in [5.74, 6) is 2.55. The van der Waals surface area contributed by atoms with Crippen molar-refractivity contribution in [2.75, 3.05) is 38.2 Å². The summed E-state index contributed by atoms with van der Waals surface area (Å²) in [4.78, 5) is 5.16. The standard InChI is InChI=1S/C20H24N2O/c1-23-20-9-7-19(8-10-20)22-14-17-12-21(13-18(17)15-22)11-16-5-3-2-4-6-16/h2-10,17-18H,11-15H2,1H3/t17-,18+. The van der Waals surface area contributed by atoms with Gasteiger partial charge in [-0.3, -0.25) is 4.90 Å². The van der Waals surface area contributed by atoms with Gasteiger partial charge in [-0.25, -0.2) is 0 Å².